The number of nitrogen functional groups attached to an aromatic ring is 1. The summed E-state index contributed by atoms with van der Waals surface area (Å²) in [5, 5.41) is 0. The van der Waals surface area contributed by atoms with Gasteiger partial charge in [0, 0.05) is 26.2 Å². The molecule has 0 aromatic carbocycles. The van der Waals surface area contributed by atoms with E-state index >= 15 is 0 Å². The van der Waals surface area contributed by atoms with Gasteiger partial charge in [0.25, 0.3) is 0 Å². The van der Waals surface area contributed by atoms with E-state index in [-0.39, 0.29) is 6.09 Å². The SMILES string of the molecule is Cc1nc(N2CCN(C(=O)OC(C)(C)C)CC2)nc(C)c1N. The summed E-state index contributed by atoms with van der Waals surface area (Å²) >= 11 is 0. The van der Waals surface area contributed by atoms with Gasteiger partial charge >= 0.3 is 6.09 Å². The first-order chi connectivity index (χ1) is 10.2. The Hall–Kier alpha value is -2.05. The normalized spacial score (nSPS) is 15.9. The zero-order valence-corrected chi connectivity index (χ0v) is 14.0. The lowest BCUT2D eigenvalue weighted by molar-refractivity contribution is 0.0240. The molecule has 22 heavy (non-hydrogen) atoms. The Balaban J connectivity index is 1.99. The summed E-state index contributed by atoms with van der Waals surface area (Å²) in [7, 11) is 0. The fourth-order valence-electron chi connectivity index (χ4n) is 2.26. The van der Waals surface area contributed by atoms with Gasteiger partial charge < -0.3 is 20.3 Å². The lowest BCUT2D eigenvalue weighted by Crippen LogP contribution is -2.50. The zero-order chi connectivity index (χ0) is 16.5. The predicted octanol–water partition coefficient (Wildman–Crippen LogP) is 1.73. The molecule has 1 amide bonds. The van der Waals surface area contributed by atoms with Crippen LogP contribution < -0.4 is 10.6 Å². The van der Waals surface area contributed by atoms with E-state index < -0.39 is 5.60 Å². The molecule has 1 saturated heterocycles. The van der Waals surface area contributed by atoms with Crippen LogP contribution >= 0.6 is 0 Å². The van der Waals surface area contributed by atoms with E-state index in [1.165, 1.54) is 0 Å². The van der Waals surface area contributed by atoms with Crippen molar-refractivity contribution in [2.75, 3.05) is 36.8 Å². The predicted molar refractivity (Wildman–Crippen MR) is 85.9 cm³/mol. The maximum absolute atomic E-state index is 12.0. The summed E-state index contributed by atoms with van der Waals surface area (Å²) in [4.78, 5) is 24.7. The van der Waals surface area contributed by atoms with Gasteiger partial charge in [0.05, 0.1) is 17.1 Å². The van der Waals surface area contributed by atoms with E-state index in [1.807, 2.05) is 34.6 Å². The third-order valence-electron chi connectivity index (χ3n) is 3.53. The van der Waals surface area contributed by atoms with Gasteiger partial charge in [0.1, 0.15) is 5.60 Å². The smallest absolute Gasteiger partial charge is 0.410 e. The third-order valence-corrected chi connectivity index (χ3v) is 3.53. The molecular weight excluding hydrogens is 282 g/mol. The fraction of sp³-hybridized carbons (Fsp3) is 0.667. The van der Waals surface area contributed by atoms with Gasteiger partial charge in [-0.15, -0.1) is 0 Å². The number of anilines is 2. The molecule has 0 radical (unpaired) electrons. The Morgan fingerprint density at radius 2 is 1.59 bits per heavy atom. The minimum atomic E-state index is -0.470. The van der Waals surface area contributed by atoms with Crippen molar-refractivity contribution in [3.8, 4) is 0 Å². The van der Waals surface area contributed by atoms with Crippen molar-refractivity contribution in [3.63, 3.8) is 0 Å². The van der Waals surface area contributed by atoms with Crippen LogP contribution in [0, 0.1) is 13.8 Å². The average molecular weight is 307 g/mol. The summed E-state index contributed by atoms with van der Waals surface area (Å²) in [6.45, 7) is 11.9. The first-order valence-electron chi connectivity index (χ1n) is 7.51. The minimum absolute atomic E-state index is 0.266. The highest BCUT2D eigenvalue weighted by molar-refractivity contribution is 5.68. The van der Waals surface area contributed by atoms with Crippen LogP contribution in [0.2, 0.25) is 0 Å². The van der Waals surface area contributed by atoms with Crippen LogP contribution in [0.5, 0.6) is 0 Å². The van der Waals surface area contributed by atoms with Crippen LogP contribution in [0.1, 0.15) is 32.2 Å². The molecule has 122 valence electrons. The second-order valence-corrected chi connectivity index (χ2v) is 6.56. The van der Waals surface area contributed by atoms with Gasteiger partial charge in [-0.3, -0.25) is 0 Å². The molecule has 2 N–H and O–H groups in total. The number of piperazine rings is 1. The lowest BCUT2D eigenvalue weighted by atomic mass is 10.2. The van der Waals surface area contributed by atoms with Gasteiger partial charge in [-0.2, -0.15) is 0 Å². The molecule has 1 fully saturated rings. The number of nitrogens with zero attached hydrogens (tertiary/aromatic N) is 4. The van der Waals surface area contributed by atoms with E-state index in [0.717, 1.165) is 11.4 Å². The lowest BCUT2D eigenvalue weighted by Gasteiger charge is -2.35. The number of aromatic nitrogens is 2. The summed E-state index contributed by atoms with van der Waals surface area (Å²) in [5.41, 5.74) is 7.63. The Labute approximate surface area is 131 Å². The highest BCUT2D eigenvalue weighted by Crippen LogP contribution is 2.19. The molecule has 1 aliphatic heterocycles. The third kappa shape index (κ3) is 3.78. The van der Waals surface area contributed by atoms with Crippen LogP contribution in [0.4, 0.5) is 16.4 Å². The molecular formula is C15H25N5O2. The summed E-state index contributed by atoms with van der Waals surface area (Å²) in [6.07, 6.45) is -0.266. The van der Waals surface area contributed by atoms with Crippen molar-refractivity contribution in [1.29, 1.82) is 0 Å². The van der Waals surface area contributed by atoms with Crippen molar-refractivity contribution < 1.29 is 9.53 Å². The number of carbonyl (C=O) groups is 1. The molecule has 0 atom stereocenters. The van der Waals surface area contributed by atoms with Gasteiger partial charge in [-0.25, -0.2) is 14.8 Å². The van der Waals surface area contributed by atoms with Gasteiger partial charge in [0.15, 0.2) is 0 Å². The highest BCUT2D eigenvalue weighted by atomic mass is 16.6. The Bertz CT molecular complexity index is 537. The Morgan fingerprint density at radius 3 is 2.05 bits per heavy atom. The van der Waals surface area contributed by atoms with E-state index in [2.05, 4.69) is 14.9 Å². The molecule has 7 heteroatoms. The summed E-state index contributed by atoms with van der Waals surface area (Å²) in [6, 6.07) is 0. The van der Waals surface area contributed by atoms with Crippen LogP contribution in [-0.4, -0.2) is 52.7 Å². The monoisotopic (exact) mass is 307 g/mol. The van der Waals surface area contributed by atoms with Crippen molar-refractivity contribution >= 4 is 17.7 Å². The van der Waals surface area contributed by atoms with Crippen LogP contribution in [-0.2, 0) is 4.74 Å². The van der Waals surface area contributed by atoms with E-state index in [4.69, 9.17) is 10.5 Å². The number of hydrogen-bond acceptors (Lipinski definition) is 6. The maximum Gasteiger partial charge on any atom is 0.410 e. The number of rotatable bonds is 1. The molecule has 2 heterocycles. The molecule has 1 aromatic heterocycles. The summed E-state index contributed by atoms with van der Waals surface area (Å²) in [5.74, 6) is 0.674. The second-order valence-electron chi connectivity index (χ2n) is 6.56. The average Bonchev–Trinajstić information content (AvgIpc) is 2.42. The number of ether oxygens (including phenoxy) is 1. The van der Waals surface area contributed by atoms with Crippen molar-refractivity contribution in [1.82, 2.24) is 14.9 Å². The largest absolute Gasteiger partial charge is 0.444 e. The van der Waals surface area contributed by atoms with E-state index in [9.17, 15) is 4.79 Å². The van der Waals surface area contributed by atoms with E-state index in [1.54, 1.807) is 4.90 Å². The molecule has 1 aliphatic rings. The molecule has 7 nitrogen and oxygen atoms in total. The quantitative estimate of drug-likeness (QED) is 0.850. The first-order valence-corrected chi connectivity index (χ1v) is 7.51. The number of nitrogens with two attached hydrogens (primary N) is 1. The Morgan fingerprint density at radius 1 is 1.09 bits per heavy atom. The van der Waals surface area contributed by atoms with Crippen LogP contribution in [0.3, 0.4) is 0 Å². The highest BCUT2D eigenvalue weighted by Gasteiger charge is 2.27. The molecule has 0 saturated carbocycles. The van der Waals surface area contributed by atoms with Crippen LogP contribution in [0.15, 0.2) is 0 Å². The molecule has 0 spiro atoms. The molecule has 0 aliphatic carbocycles. The number of aryl methyl sites for hydroxylation is 2. The summed E-state index contributed by atoms with van der Waals surface area (Å²) < 4.78 is 5.39. The van der Waals surface area contributed by atoms with Gasteiger partial charge in [-0.05, 0) is 34.6 Å². The maximum atomic E-state index is 12.0. The van der Waals surface area contributed by atoms with Crippen molar-refractivity contribution in [2.45, 2.75) is 40.2 Å². The Kier molecular flexibility index (Phi) is 4.44. The molecule has 0 unspecified atom stereocenters. The first kappa shape index (κ1) is 16.3. The molecule has 2 rings (SSSR count). The van der Waals surface area contributed by atoms with Crippen molar-refractivity contribution in [2.24, 2.45) is 0 Å². The van der Waals surface area contributed by atoms with Crippen molar-refractivity contribution in [3.05, 3.63) is 11.4 Å². The topological polar surface area (TPSA) is 84.6 Å². The number of hydrogen-bond donors (Lipinski definition) is 1. The fourth-order valence-corrected chi connectivity index (χ4v) is 2.26. The van der Waals surface area contributed by atoms with Gasteiger partial charge in [0.2, 0.25) is 5.95 Å². The molecule has 0 bridgehead atoms. The molecule has 1 aromatic rings. The van der Waals surface area contributed by atoms with Gasteiger partial charge in [-0.1, -0.05) is 0 Å². The zero-order valence-electron chi connectivity index (χ0n) is 14.0. The second kappa shape index (κ2) is 5.98. The van der Waals surface area contributed by atoms with E-state index in [0.29, 0.717) is 37.8 Å². The standard InChI is InChI=1S/C15H25N5O2/c1-10-12(16)11(2)18-13(17-10)19-6-8-20(9-7-19)14(21)22-15(3,4)5/h6-9,16H2,1-5H3. The minimum Gasteiger partial charge on any atom is -0.444 e. The number of amides is 1. The van der Waals surface area contributed by atoms with Crippen LogP contribution in [0.25, 0.3) is 0 Å². The number of carbonyl (C=O) groups excluding carboxylic acids is 1.